The third-order valence-electron chi connectivity index (χ3n) is 6.66. The van der Waals surface area contributed by atoms with Gasteiger partial charge in [0.25, 0.3) is 0 Å². The molecular formula is C28H33N5O. The van der Waals surface area contributed by atoms with E-state index in [1.165, 1.54) is 51.0 Å². The molecule has 2 N–H and O–H groups in total. The Morgan fingerprint density at radius 1 is 0.912 bits per heavy atom. The zero-order valence-corrected chi connectivity index (χ0v) is 19.7. The summed E-state index contributed by atoms with van der Waals surface area (Å²) in [5.74, 6) is 1.33. The van der Waals surface area contributed by atoms with Gasteiger partial charge < -0.3 is 15.4 Å². The minimum Gasteiger partial charge on any atom is -0.489 e. The summed E-state index contributed by atoms with van der Waals surface area (Å²) in [6, 6.07) is 20.6. The minimum absolute atomic E-state index is 0.500. The van der Waals surface area contributed by atoms with Crippen molar-refractivity contribution in [3.63, 3.8) is 0 Å². The van der Waals surface area contributed by atoms with Gasteiger partial charge in [-0.1, -0.05) is 48.9 Å². The predicted octanol–water partition coefficient (Wildman–Crippen LogP) is 5.37. The Bertz CT molecular complexity index is 1210. The van der Waals surface area contributed by atoms with E-state index in [-0.39, 0.29) is 0 Å². The highest BCUT2D eigenvalue weighted by molar-refractivity contribution is 5.88. The highest BCUT2D eigenvalue weighted by atomic mass is 16.5. The van der Waals surface area contributed by atoms with Crippen molar-refractivity contribution in [1.82, 2.24) is 19.5 Å². The number of ether oxygens (including phenoxy) is 1. The van der Waals surface area contributed by atoms with Gasteiger partial charge in [-0.15, -0.1) is 0 Å². The molecule has 0 spiro atoms. The van der Waals surface area contributed by atoms with E-state index in [4.69, 9.17) is 10.5 Å². The number of nitrogen functional groups attached to an aromatic ring is 1. The van der Waals surface area contributed by atoms with E-state index in [1.807, 2.05) is 34.8 Å². The largest absolute Gasteiger partial charge is 0.489 e. The number of hydrogen-bond donors (Lipinski definition) is 1. The van der Waals surface area contributed by atoms with E-state index >= 15 is 0 Å². The number of hydrogen-bond acceptors (Lipinski definition) is 5. The fourth-order valence-electron chi connectivity index (χ4n) is 4.85. The van der Waals surface area contributed by atoms with Crippen LogP contribution in [0, 0.1) is 0 Å². The first-order valence-corrected chi connectivity index (χ1v) is 12.4. The number of benzene rings is 2. The molecule has 1 aliphatic heterocycles. The molecule has 4 aromatic rings. The number of anilines is 1. The van der Waals surface area contributed by atoms with E-state index in [9.17, 15) is 0 Å². The molecule has 6 heteroatoms. The summed E-state index contributed by atoms with van der Waals surface area (Å²) in [6.07, 6.45) is 8.92. The van der Waals surface area contributed by atoms with Gasteiger partial charge in [0, 0.05) is 11.3 Å². The number of unbranched alkanes of at least 4 members (excludes halogenated alkanes) is 1. The molecule has 176 valence electrons. The van der Waals surface area contributed by atoms with Crippen LogP contribution in [0.3, 0.4) is 0 Å². The van der Waals surface area contributed by atoms with Gasteiger partial charge in [0.15, 0.2) is 5.82 Å². The molecule has 0 aliphatic carbocycles. The zero-order valence-electron chi connectivity index (χ0n) is 19.7. The number of piperidine rings is 1. The van der Waals surface area contributed by atoms with Crippen LogP contribution in [0.4, 0.5) is 5.82 Å². The van der Waals surface area contributed by atoms with E-state index < -0.39 is 0 Å². The molecule has 1 aliphatic rings. The molecule has 0 saturated carbocycles. The van der Waals surface area contributed by atoms with Gasteiger partial charge in [-0.2, -0.15) is 5.10 Å². The average molecular weight is 456 g/mol. The normalized spacial score (nSPS) is 14.5. The summed E-state index contributed by atoms with van der Waals surface area (Å²) in [5.41, 5.74) is 11.6. The van der Waals surface area contributed by atoms with E-state index in [1.54, 1.807) is 6.33 Å². The van der Waals surface area contributed by atoms with Crippen molar-refractivity contribution in [1.29, 1.82) is 0 Å². The van der Waals surface area contributed by atoms with Crippen LogP contribution < -0.4 is 10.5 Å². The Hall–Kier alpha value is -3.38. The summed E-state index contributed by atoms with van der Waals surface area (Å²) < 4.78 is 8.03. The van der Waals surface area contributed by atoms with Crippen molar-refractivity contribution in [2.24, 2.45) is 0 Å². The van der Waals surface area contributed by atoms with Crippen LogP contribution in [0.15, 0.2) is 67.0 Å². The van der Waals surface area contributed by atoms with Crippen LogP contribution in [0.5, 0.6) is 5.75 Å². The van der Waals surface area contributed by atoms with Crippen LogP contribution in [-0.4, -0.2) is 39.1 Å². The Morgan fingerprint density at radius 3 is 2.62 bits per heavy atom. The van der Waals surface area contributed by atoms with Crippen LogP contribution in [0.2, 0.25) is 0 Å². The van der Waals surface area contributed by atoms with Gasteiger partial charge in [-0.3, -0.25) is 0 Å². The highest BCUT2D eigenvalue weighted by Gasteiger charge is 2.16. The zero-order chi connectivity index (χ0) is 23.2. The number of rotatable bonds is 9. The quantitative estimate of drug-likeness (QED) is 0.344. The lowest BCUT2D eigenvalue weighted by molar-refractivity contribution is 0.225. The lowest BCUT2D eigenvalue weighted by atomic mass is 10.1. The fourth-order valence-corrected chi connectivity index (χ4v) is 4.85. The summed E-state index contributed by atoms with van der Waals surface area (Å²) in [5, 5.41) is 4.54. The molecule has 0 atom stereocenters. The van der Waals surface area contributed by atoms with Crippen molar-refractivity contribution in [2.75, 3.05) is 25.4 Å². The molecule has 2 aromatic heterocycles. The van der Waals surface area contributed by atoms with Crippen molar-refractivity contribution in [2.45, 2.75) is 45.1 Å². The van der Waals surface area contributed by atoms with Crippen molar-refractivity contribution in [3.05, 3.63) is 78.2 Å². The van der Waals surface area contributed by atoms with Crippen LogP contribution in [0.1, 0.15) is 43.4 Å². The molecule has 5 rings (SSSR count). The Kier molecular flexibility index (Phi) is 7.05. The third kappa shape index (κ3) is 5.23. The standard InChI is InChI=1S/C28H33N5O/c29-28-27-26(23-12-9-14-25(18-23)34-20-22-10-3-1-4-11-22)19-24(33(27)31-21-30-28)13-5-8-17-32-15-6-2-7-16-32/h1,3-4,9-12,14,18-19,21H,2,5-8,13,15-17,20H2,(H2,29,30,31). The Morgan fingerprint density at radius 2 is 1.76 bits per heavy atom. The highest BCUT2D eigenvalue weighted by Crippen LogP contribution is 2.33. The first-order chi connectivity index (χ1) is 16.8. The molecule has 6 nitrogen and oxygen atoms in total. The summed E-state index contributed by atoms with van der Waals surface area (Å²) >= 11 is 0. The number of nitrogens with two attached hydrogens (primary N) is 1. The average Bonchev–Trinajstić information content (AvgIpc) is 3.27. The molecule has 3 heterocycles. The maximum Gasteiger partial charge on any atom is 0.151 e. The lowest BCUT2D eigenvalue weighted by Gasteiger charge is -2.26. The third-order valence-corrected chi connectivity index (χ3v) is 6.66. The maximum absolute atomic E-state index is 6.32. The second-order valence-corrected chi connectivity index (χ2v) is 9.12. The topological polar surface area (TPSA) is 68.7 Å². The van der Waals surface area contributed by atoms with Crippen LogP contribution in [0.25, 0.3) is 16.6 Å². The van der Waals surface area contributed by atoms with E-state index in [0.717, 1.165) is 40.8 Å². The lowest BCUT2D eigenvalue weighted by Crippen LogP contribution is -2.30. The van der Waals surface area contributed by atoms with Crippen molar-refractivity contribution < 1.29 is 4.74 Å². The van der Waals surface area contributed by atoms with Crippen molar-refractivity contribution >= 4 is 11.3 Å². The Labute approximate surface area is 201 Å². The maximum atomic E-state index is 6.32. The SMILES string of the molecule is Nc1ncnn2c(CCCCN3CCCCC3)cc(-c3cccc(OCc4ccccc4)c3)c12. The fraction of sp³-hybridized carbons (Fsp3) is 0.357. The molecule has 0 unspecified atom stereocenters. The monoisotopic (exact) mass is 455 g/mol. The number of aromatic nitrogens is 3. The molecule has 2 aromatic carbocycles. The predicted molar refractivity (Wildman–Crippen MR) is 137 cm³/mol. The van der Waals surface area contributed by atoms with Crippen LogP contribution >= 0.6 is 0 Å². The molecule has 0 bridgehead atoms. The van der Waals surface area contributed by atoms with E-state index in [2.05, 4.69) is 45.3 Å². The van der Waals surface area contributed by atoms with Gasteiger partial charge >= 0.3 is 0 Å². The molecule has 1 saturated heterocycles. The minimum atomic E-state index is 0.500. The van der Waals surface area contributed by atoms with Gasteiger partial charge in [0.05, 0.1) is 0 Å². The second kappa shape index (κ2) is 10.7. The number of fused-ring (bicyclic) bond motifs is 1. The number of likely N-dealkylation sites (tertiary alicyclic amines) is 1. The Balaban J connectivity index is 1.33. The van der Waals surface area contributed by atoms with Crippen LogP contribution in [-0.2, 0) is 13.0 Å². The van der Waals surface area contributed by atoms with E-state index in [0.29, 0.717) is 12.4 Å². The van der Waals surface area contributed by atoms with Crippen molar-refractivity contribution in [3.8, 4) is 16.9 Å². The number of nitrogens with zero attached hydrogens (tertiary/aromatic N) is 4. The molecular weight excluding hydrogens is 422 g/mol. The van der Waals surface area contributed by atoms with Gasteiger partial charge in [0.2, 0.25) is 0 Å². The smallest absolute Gasteiger partial charge is 0.151 e. The number of aryl methyl sites for hydroxylation is 1. The van der Waals surface area contributed by atoms with Gasteiger partial charge in [-0.05, 0) is 81.1 Å². The molecule has 0 radical (unpaired) electrons. The molecule has 34 heavy (non-hydrogen) atoms. The summed E-state index contributed by atoms with van der Waals surface area (Å²) in [6.45, 7) is 4.23. The summed E-state index contributed by atoms with van der Waals surface area (Å²) in [7, 11) is 0. The molecule has 0 amide bonds. The molecule has 1 fully saturated rings. The van der Waals surface area contributed by atoms with Gasteiger partial charge in [-0.25, -0.2) is 9.50 Å². The first kappa shape index (κ1) is 22.4. The summed E-state index contributed by atoms with van der Waals surface area (Å²) in [4.78, 5) is 6.87. The second-order valence-electron chi connectivity index (χ2n) is 9.12. The van der Waals surface area contributed by atoms with Gasteiger partial charge in [0.1, 0.15) is 24.2 Å². The first-order valence-electron chi connectivity index (χ1n) is 12.4.